The van der Waals surface area contributed by atoms with E-state index in [9.17, 15) is 14.4 Å². The second kappa shape index (κ2) is 9.85. The normalized spacial score (nSPS) is 11.6. The Hall–Kier alpha value is -3.18. The summed E-state index contributed by atoms with van der Waals surface area (Å²) in [6.45, 7) is 5.62. The second-order valence-electron chi connectivity index (χ2n) is 6.99. The molecule has 0 bridgehead atoms. The number of carbonyl (C=O) groups excluding carboxylic acids is 2. The van der Waals surface area contributed by atoms with Gasteiger partial charge in [0.15, 0.2) is 0 Å². The highest BCUT2D eigenvalue weighted by molar-refractivity contribution is 7.14. The lowest BCUT2D eigenvalue weighted by Gasteiger charge is -2.19. The maximum Gasteiger partial charge on any atom is 0.345 e. The van der Waals surface area contributed by atoms with Crippen molar-refractivity contribution in [3.8, 4) is 17.2 Å². The summed E-state index contributed by atoms with van der Waals surface area (Å²) in [5.74, 6) is -1.56. The monoisotopic (exact) mass is 413 g/mol. The fourth-order valence-corrected chi connectivity index (χ4v) is 3.75. The molecule has 0 aliphatic heterocycles. The second-order valence-corrected chi connectivity index (χ2v) is 8.25. The first-order valence-electron chi connectivity index (χ1n) is 9.12. The molecule has 1 aromatic heterocycles. The molecule has 0 radical (unpaired) electrons. The molecule has 1 heterocycles. The zero-order valence-electron chi connectivity index (χ0n) is 16.5. The minimum Gasteiger partial charge on any atom is -0.477 e. The number of hydrogen-bond donors (Lipinski definition) is 3. The Labute approximate surface area is 173 Å². The Bertz CT molecular complexity index is 942. The summed E-state index contributed by atoms with van der Waals surface area (Å²) in [5, 5.41) is 23.0. The van der Waals surface area contributed by atoms with Gasteiger partial charge < -0.3 is 15.7 Å². The minimum atomic E-state index is -0.966. The molecule has 0 spiro atoms. The fraction of sp³-hybridized carbons (Fsp3) is 0.333. The Morgan fingerprint density at radius 1 is 1.21 bits per heavy atom. The van der Waals surface area contributed by atoms with Crippen molar-refractivity contribution in [2.45, 2.75) is 33.2 Å². The van der Waals surface area contributed by atoms with Gasteiger partial charge in [-0.25, -0.2) is 4.79 Å². The van der Waals surface area contributed by atoms with Gasteiger partial charge in [0, 0.05) is 10.4 Å². The van der Waals surface area contributed by atoms with Crippen LogP contribution in [0.5, 0.6) is 0 Å². The largest absolute Gasteiger partial charge is 0.477 e. The van der Waals surface area contributed by atoms with E-state index in [4.69, 9.17) is 10.4 Å². The van der Waals surface area contributed by atoms with Gasteiger partial charge in [0.1, 0.15) is 17.5 Å². The number of amides is 2. The first kappa shape index (κ1) is 22.1. The van der Waals surface area contributed by atoms with Crippen LogP contribution in [0.15, 0.2) is 30.3 Å². The molecule has 2 amide bonds. The number of aryl methyl sites for hydroxylation is 1. The van der Waals surface area contributed by atoms with Gasteiger partial charge in [-0.1, -0.05) is 26.0 Å². The summed E-state index contributed by atoms with van der Waals surface area (Å²) in [4.78, 5) is 37.1. The third-order valence-corrected chi connectivity index (χ3v) is 5.30. The predicted molar refractivity (Wildman–Crippen MR) is 111 cm³/mol. The number of aromatic carboxylic acids is 1. The lowest BCUT2D eigenvalue weighted by atomic mass is 10.0. The van der Waals surface area contributed by atoms with Crippen molar-refractivity contribution in [1.29, 1.82) is 5.26 Å². The number of nitrogens with zero attached hydrogens (tertiary/aromatic N) is 1. The molecule has 0 fully saturated rings. The van der Waals surface area contributed by atoms with Gasteiger partial charge in [-0.05, 0) is 48.6 Å². The maximum absolute atomic E-state index is 12.6. The number of benzene rings is 1. The predicted octanol–water partition coefficient (Wildman–Crippen LogP) is 3.21. The Morgan fingerprint density at radius 3 is 2.38 bits per heavy atom. The van der Waals surface area contributed by atoms with Crippen molar-refractivity contribution >= 4 is 29.1 Å². The van der Waals surface area contributed by atoms with Crippen LogP contribution in [-0.2, 0) is 4.79 Å². The highest BCUT2D eigenvalue weighted by atomic mass is 32.1. The van der Waals surface area contributed by atoms with Gasteiger partial charge in [-0.2, -0.15) is 5.26 Å². The molecule has 2 aromatic rings. The van der Waals surface area contributed by atoms with E-state index in [0.717, 1.165) is 16.0 Å². The third kappa shape index (κ3) is 5.90. The molecule has 8 heteroatoms. The number of thiophene rings is 1. The highest BCUT2D eigenvalue weighted by Gasteiger charge is 2.22. The smallest absolute Gasteiger partial charge is 0.345 e. The van der Waals surface area contributed by atoms with Crippen molar-refractivity contribution in [1.82, 2.24) is 10.6 Å². The van der Waals surface area contributed by atoms with E-state index >= 15 is 0 Å². The number of rotatable bonds is 8. The molecule has 2 rings (SSSR count). The molecule has 0 aliphatic carbocycles. The molecule has 7 nitrogen and oxygen atoms in total. The topological polar surface area (TPSA) is 119 Å². The first-order valence-corrected chi connectivity index (χ1v) is 9.94. The van der Waals surface area contributed by atoms with Crippen molar-refractivity contribution in [2.24, 2.45) is 5.92 Å². The van der Waals surface area contributed by atoms with Gasteiger partial charge >= 0.3 is 5.97 Å². The van der Waals surface area contributed by atoms with Gasteiger partial charge in [-0.3, -0.25) is 9.59 Å². The molecular formula is C21H23N3O4S. The molecular weight excluding hydrogens is 390 g/mol. The van der Waals surface area contributed by atoms with E-state index in [1.807, 2.05) is 26.8 Å². The third-order valence-electron chi connectivity index (χ3n) is 4.26. The summed E-state index contributed by atoms with van der Waals surface area (Å²) in [5.41, 5.74) is 2.02. The molecule has 1 atom stereocenters. The molecule has 29 heavy (non-hydrogen) atoms. The van der Waals surface area contributed by atoms with Crippen LogP contribution in [0.3, 0.4) is 0 Å². The molecule has 0 saturated heterocycles. The average molecular weight is 413 g/mol. The van der Waals surface area contributed by atoms with Crippen molar-refractivity contribution < 1.29 is 19.5 Å². The molecule has 0 saturated carbocycles. The molecule has 0 unspecified atom stereocenters. The van der Waals surface area contributed by atoms with Crippen LogP contribution in [0.2, 0.25) is 0 Å². The molecule has 1 aromatic carbocycles. The Kier molecular flexibility index (Phi) is 7.51. The summed E-state index contributed by atoms with van der Waals surface area (Å²) in [6, 6.07) is 9.52. The zero-order chi connectivity index (χ0) is 21.6. The summed E-state index contributed by atoms with van der Waals surface area (Å²) < 4.78 is 0. The number of nitriles is 1. The SMILES string of the molecule is Cc1sc(C(=O)O)cc1-c1ccc(C(=O)N[C@@H](CC(C)C)C(=O)NCC#N)cc1. The molecule has 0 aliphatic rings. The van der Waals surface area contributed by atoms with Crippen LogP contribution in [0, 0.1) is 24.2 Å². The lowest BCUT2D eigenvalue weighted by molar-refractivity contribution is -0.123. The van der Waals surface area contributed by atoms with Crippen LogP contribution >= 0.6 is 11.3 Å². The number of hydrogen-bond acceptors (Lipinski definition) is 5. The number of carbonyl (C=O) groups is 3. The highest BCUT2D eigenvalue weighted by Crippen LogP contribution is 2.31. The standard InChI is InChI=1S/C21H23N3O4S/c1-12(2)10-17(20(26)23-9-8-22)24-19(25)15-6-4-14(5-7-15)16-11-18(21(27)28)29-13(16)3/h4-7,11-12,17H,9-10H2,1-3H3,(H,23,26)(H,24,25)(H,27,28)/t17-/m0/s1. The van der Waals surface area contributed by atoms with Gasteiger partial charge in [0.2, 0.25) is 5.91 Å². The Morgan fingerprint density at radius 2 is 1.86 bits per heavy atom. The quantitative estimate of drug-likeness (QED) is 0.574. The van der Waals surface area contributed by atoms with E-state index in [2.05, 4.69) is 10.6 Å². The van der Waals surface area contributed by atoms with Crippen molar-refractivity contribution in [3.05, 3.63) is 45.6 Å². The van der Waals surface area contributed by atoms with Gasteiger partial charge in [0.25, 0.3) is 5.91 Å². The van der Waals surface area contributed by atoms with Crippen LogP contribution in [0.4, 0.5) is 0 Å². The molecule has 3 N–H and O–H groups in total. The lowest BCUT2D eigenvalue weighted by Crippen LogP contribution is -2.47. The van der Waals surface area contributed by atoms with Crippen molar-refractivity contribution in [3.63, 3.8) is 0 Å². The van der Waals surface area contributed by atoms with E-state index in [0.29, 0.717) is 12.0 Å². The number of carboxylic acid groups (broad SMARTS) is 1. The zero-order valence-corrected chi connectivity index (χ0v) is 17.3. The van der Waals surface area contributed by atoms with Crippen LogP contribution in [-0.4, -0.2) is 35.5 Å². The average Bonchev–Trinajstić information content (AvgIpc) is 3.07. The van der Waals surface area contributed by atoms with Crippen LogP contribution in [0.25, 0.3) is 11.1 Å². The molecule has 152 valence electrons. The van der Waals surface area contributed by atoms with E-state index in [1.54, 1.807) is 30.3 Å². The number of nitrogens with one attached hydrogen (secondary N) is 2. The summed E-state index contributed by atoms with van der Waals surface area (Å²) >= 11 is 1.21. The van der Waals surface area contributed by atoms with Gasteiger partial charge in [-0.15, -0.1) is 11.3 Å². The summed E-state index contributed by atoms with van der Waals surface area (Å²) in [7, 11) is 0. The van der Waals surface area contributed by atoms with E-state index in [1.165, 1.54) is 11.3 Å². The van der Waals surface area contributed by atoms with Gasteiger partial charge in [0.05, 0.1) is 6.07 Å². The first-order chi connectivity index (χ1) is 13.7. The van der Waals surface area contributed by atoms with Crippen LogP contribution < -0.4 is 10.6 Å². The maximum atomic E-state index is 12.6. The van der Waals surface area contributed by atoms with E-state index < -0.39 is 12.0 Å². The number of carboxylic acids is 1. The van der Waals surface area contributed by atoms with E-state index in [-0.39, 0.29) is 29.2 Å². The summed E-state index contributed by atoms with van der Waals surface area (Å²) in [6.07, 6.45) is 0.452. The minimum absolute atomic E-state index is 0.115. The Balaban J connectivity index is 2.15. The van der Waals surface area contributed by atoms with Crippen LogP contribution in [0.1, 0.15) is 45.2 Å². The van der Waals surface area contributed by atoms with Crippen molar-refractivity contribution in [2.75, 3.05) is 6.54 Å². The fourth-order valence-electron chi connectivity index (χ4n) is 2.87.